The van der Waals surface area contributed by atoms with Crippen molar-refractivity contribution in [1.82, 2.24) is 13.9 Å². The summed E-state index contributed by atoms with van der Waals surface area (Å²) in [5.41, 5.74) is 1.90. The number of aromatic nitrogens is 2. The number of carbonyl (C=O) groups excluding carboxylic acids is 1. The fraction of sp³-hybridized carbons (Fsp3) is 0.333. The third-order valence-corrected chi connectivity index (χ3v) is 7.49. The van der Waals surface area contributed by atoms with Gasteiger partial charge in [0, 0.05) is 48.7 Å². The Balaban J connectivity index is 1.77. The van der Waals surface area contributed by atoms with Crippen molar-refractivity contribution in [2.45, 2.75) is 31.6 Å². The van der Waals surface area contributed by atoms with Gasteiger partial charge in [-0.15, -0.1) is 0 Å². The number of benzene rings is 2. The van der Waals surface area contributed by atoms with Crippen molar-refractivity contribution >= 4 is 55.9 Å². The monoisotopic (exact) mass is 482 g/mol. The molecule has 0 bridgehead atoms. The number of nitrogens with zero attached hydrogens (tertiary/aromatic N) is 3. The highest BCUT2D eigenvalue weighted by Gasteiger charge is 2.22. The van der Waals surface area contributed by atoms with Crippen LogP contribution < -0.4 is 5.32 Å². The van der Waals surface area contributed by atoms with Crippen LogP contribution in [0.5, 0.6) is 0 Å². The molecule has 0 aliphatic rings. The molecule has 0 unspecified atom stereocenters. The third kappa shape index (κ3) is 5.20. The number of halogens is 2. The Bertz CT molecular complexity index is 1200. The fourth-order valence-electron chi connectivity index (χ4n) is 3.40. The van der Waals surface area contributed by atoms with Gasteiger partial charge in [0.05, 0.1) is 15.9 Å². The van der Waals surface area contributed by atoms with E-state index >= 15 is 0 Å². The number of aryl methyl sites for hydroxylation is 2. The van der Waals surface area contributed by atoms with E-state index in [0.29, 0.717) is 46.6 Å². The van der Waals surface area contributed by atoms with Crippen LogP contribution in [-0.4, -0.2) is 41.3 Å². The smallest absolute Gasteiger partial charge is 0.243 e. The van der Waals surface area contributed by atoms with E-state index in [2.05, 4.69) is 10.3 Å². The molecule has 1 aromatic heterocycles. The quantitative estimate of drug-likeness (QED) is 0.512. The van der Waals surface area contributed by atoms with Crippen LogP contribution in [0.3, 0.4) is 0 Å². The van der Waals surface area contributed by atoms with Crippen molar-refractivity contribution in [2.24, 2.45) is 7.05 Å². The summed E-state index contributed by atoms with van der Waals surface area (Å²) >= 11 is 11.9. The molecule has 2 aromatic carbocycles. The molecule has 7 nitrogen and oxygen atoms in total. The van der Waals surface area contributed by atoms with E-state index in [1.54, 1.807) is 50.2 Å². The Morgan fingerprint density at radius 2 is 1.74 bits per heavy atom. The molecule has 3 rings (SSSR count). The summed E-state index contributed by atoms with van der Waals surface area (Å²) in [6.45, 7) is 4.41. The lowest BCUT2D eigenvalue weighted by Crippen LogP contribution is -2.30. The standard InChI is InChI=1S/C21H24Cl2N4O3S/c1-4-27(5-2)31(29,30)17-6-7-19-18(13-17)25-20(26(19)3)8-9-21(28)24-16-11-14(22)10-15(23)12-16/h6-7,10-13H,4-5,8-9H2,1-3H3,(H,24,28). The lowest BCUT2D eigenvalue weighted by atomic mass is 10.2. The molecule has 0 spiro atoms. The number of hydrogen-bond donors (Lipinski definition) is 1. The highest BCUT2D eigenvalue weighted by Crippen LogP contribution is 2.24. The predicted molar refractivity (Wildman–Crippen MR) is 124 cm³/mol. The number of rotatable bonds is 8. The predicted octanol–water partition coefficient (Wildman–Crippen LogP) is 4.48. The van der Waals surface area contributed by atoms with Crippen molar-refractivity contribution in [3.8, 4) is 0 Å². The lowest BCUT2D eigenvalue weighted by Gasteiger charge is -2.18. The van der Waals surface area contributed by atoms with Gasteiger partial charge in [0.15, 0.2) is 0 Å². The second kappa shape index (κ2) is 9.56. The average molecular weight is 483 g/mol. The number of amides is 1. The minimum atomic E-state index is -3.57. The summed E-state index contributed by atoms with van der Waals surface area (Å²) in [4.78, 5) is 17.1. The fourth-order valence-corrected chi connectivity index (χ4v) is 5.41. The number of carbonyl (C=O) groups is 1. The average Bonchev–Trinajstić information content (AvgIpc) is 3.01. The second-order valence-corrected chi connectivity index (χ2v) is 9.84. The molecule has 1 amide bonds. The summed E-state index contributed by atoms with van der Waals surface area (Å²) < 4.78 is 28.8. The third-order valence-electron chi connectivity index (χ3n) is 5.01. The van der Waals surface area contributed by atoms with E-state index in [1.807, 2.05) is 11.6 Å². The molecule has 0 aliphatic carbocycles. The van der Waals surface area contributed by atoms with Gasteiger partial charge in [0.25, 0.3) is 0 Å². The van der Waals surface area contributed by atoms with E-state index in [9.17, 15) is 13.2 Å². The van der Waals surface area contributed by atoms with Crippen LogP contribution >= 0.6 is 23.2 Å². The van der Waals surface area contributed by atoms with Crippen molar-refractivity contribution < 1.29 is 13.2 Å². The van der Waals surface area contributed by atoms with E-state index in [1.165, 1.54) is 4.31 Å². The maximum atomic E-state index is 12.8. The Labute approximate surface area is 192 Å². The van der Waals surface area contributed by atoms with Crippen LogP contribution in [0, 0.1) is 0 Å². The zero-order chi connectivity index (χ0) is 22.8. The van der Waals surface area contributed by atoms with E-state index in [0.717, 1.165) is 5.52 Å². The van der Waals surface area contributed by atoms with Gasteiger partial charge in [-0.05, 0) is 36.4 Å². The zero-order valence-corrected chi connectivity index (χ0v) is 19.9. The molecular weight excluding hydrogens is 459 g/mol. The largest absolute Gasteiger partial charge is 0.331 e. The number of hydrogen-bond acceptors (Lipinski definition) is 4. The normalized spacial score (nSPS) is 11.9. The highest BCUT2D eigenvalue weighted by molar-refractivity contribution is 7.89. The first-order valence-corrected chi connectivity index (χ1v) is 12.1. The maximum Gasteiger partial charge on any atom is 0.243 e. The molecule has 0 fully saturated rings. The lowest BCUT2D eigenvalue weighted by molar-refractivity contribution is -0.116. The first kappa shape index (κ1) is 23.5. The Hall–Kier alpha value is -2.13. The van der Waals surface area contributed by atoms with Crippen molar-refractivity contribution in [1.29, 1.82) is 0 Å². The van der Waals surface area contributed by atoms with Gasteiger partial charge in [-0.1, -0.05) is 37.0 Å². The molecule has 0 radical (unpaired) electrons. The van der Waals surface area contributed by atoms with Gasteiger partial charge >= 0.3 is 0 Å². The molecular formula is C21H24Cl2N4O3S. The molecule has 1 N–H and O–H groups in total. The van der Waals surface area contributed by atoms with Crippen molar-refractivity contribution in [3.05, 3.63) is 52.3 Å². The van der Waals surface area contributed by atoms with Gasteiger partial charge in [-0.3, -0.25) is 4.79 Å². The van der Waals surface area contributed by atoms with E-state index < -0.39 is 10.0 Å². The summed E-state index contributed by atoms with van der Waals surface area (Å²) in [6.07, 6.45) is 0.593. The van der Waals surface area contributed by atoms with Crippen LogP contribution in [0.1, 0.15) is 26.1 Å². The summed E-state index contributed by atoms with van der Waals surface area (Å²) in [5, 5.41) is 3.65. The van der Waals surface area contributed by atoms with Crippen molar-refractivity contribution in [2.75, 3.05) is 18.4 Å². The number of nitrogens with one attached hydrogen (secondary N) is 1. The SMILES string of the molecule is CCN(CC)S(=O)(=O)c1ccc2c(c1)nc(CCC(=O)Nc1cc(Cl)cc(Cl)c1)n2C. The molecule has 0 atom stereocenters. The molecule has 0 aliphatic heterocycles. The highest BCUT2D eigenvalue weighted by atomic mass is 35.5. The van der Waals surface area contributed by atoms with E-state index in [-0.39, 0.29) is 17.2 Å². The minimum absolute atomic E-state index is 0.199. The van der Waals surface area contributed by atoms with Crippen LogP contribution in [0.15, 0.2) is 41.3 Å². The van der Waals surface area contributed by atoms with Gasteiger partial charge in [-0.2, -0.15) is 4.31 Å². The first-order chi connectivity index (χ1) is 14.6. The summed E-state index contributed by atoms with van der Waals surface area (Å²) in [5.74, 6) is 0.488. The molecule has 0 saturated carbocycles. The Kier molecular flexibility index (Phi) is 7.26. The van der Waals surface area contributed by atoms with Gasteiger partial charge < -0.3 is 9.88 Å². The second-order valence-electron chi connectivity index (χ2n) is 7.03. The number of sulfonamides is 1. The van der Waals surface area contributed by atoms with Gasteiger partial charge in [0.2, 0.25) is 15.9 Å². The van der Waals surface area contributed by atoms with Crippen LogP contribution in [0.25, 0.3) is 11.0 Å². The van der Waals surface area contributed by atoms with Gasteiger partial charge in [0.1, 0.15) is 5.82 Å². The molecule has 166 valence electrons. The van der Waals surface area contributed by atoms with Crippen LogP contribution in [-0.2, 0) is 28.3 Å². The first-order valence-electron chi connectivity index (χ1n) is 9.87. The number of anilines is 1. The summed E-state index contributed by atoms with van der Waals surface area (Å²) in [6, 6.07) is 9.76. The van der Waals surface area contributed by atoms with Crippen LogP contribution in [0.2, 0.25) is 10.0 Å². The molecule has 31 heavy (non-hydrogen) atoms. The number of fused-ring (bicyclic) bond motifs is 1. The van der Waals surface area contributed by atoms with Gasteiger partial charge in [-0.25, -0.2) is 13.4 Å². The van der Waals surface area contributed by atoms with E-state index in [4.69, 9.17) is 23.2 Å². The molecule has 0 saturated heterocycles. The molecule has 10 heteroatoms. The Morgan fingerprint density at radius 1 is 1.10 bits per heavy atom. The van der Waals surface area contributed by atoms with Crippen LogP contribution in [0.4, 0.5) is 5.69 Å². The Morgan fingerprint density at radius 3 is 2.35 bits per heavy atom. The maximum absolute atomic E-state index is 12.8. The molecule has 3 aromatic rings. The topological polar surface area (TPSA) is 84.3 Å². The zero-order valence-electron chi connectivity index (χ0n) is 17.5. The van der Waals surface area contributed by atoms with Crippen molar-refractivity contribution in [3.63, 3.8) is 0 Å². The molecule has 1 heterocycles. The summed E-state index contributed by atoms with van der Waals surface area (Å²) in [7, 11) is -1.72. The number of imidazole rings is 1. The minimum Gasteiger partial charge on any atom is -0.331 e.